The van der Waals surface area contributed by atoms with Crippen molar-refractivity contribution in [2.75, 3.05) is 32.7 Å². The third kappa shape index (κ3) is 5.18. The molecule has 0 saturated carbocycles. The van der Waals surface area contributed by atoms with E-state index >= 15 is 0 Å². The van der Waals surface area contributed by atoms with Gasteiger partial charge in [-0.3, -0.25) is 14.4 Å². The Hall–Kier alpha value is -3.16. The van der Waals surface area contributed by atoms with Gasteiger partial charge >= 0.3 is 0 Å². The first-order valence-corrected chi connectivity index (χ1v) is 9.14. The van der Waals surface area contributed by atoms with E-state index in [-0.39, 0.29) is 35.7 Å². The molecule has 0 spiro atoms. The maximum Gasteiger partial charge on any atom is 0.289 e. The molecule has 3 amide bonds. The highest BCUT2D eigenvalue weighted by Crippen LogP contribution is 2.10. The molecule has 3 rings (SSSR count). The van der Waals surface area contributed by atoms with Crippen LogP contribution < -0.4 is 5.32 Å². The number of piperazine rings is 1. The van der Waals surface area contributed by atoms with E-state index in [0.29, 0.717) is 39.1 Å². The number of carbonyl (C=O) groups excluding carboxylic acids is 3. The number of hydrogen-bond donors (Lipinski definition) is 1. The minimum absolute atomic E-state index is 0.198. The van der Waals surface area contributed by atoms with Crippen molar-refractivity contribution in [3.63, 3.8) is 0 Å². The lowest BCUT2D eigenvalue weighted by Crippen LogP contribution is -2.51. The summed E-state index contributed by atoms with van der Waals surface area (Å²) in [6, 6.07) is 9.33. The number of furan rings is 1. The summed E-state index contributed by atoms with van der Waals surface area (Å²) in [6.45, 7) is 1.94. The Labute approximate surface area is 162 Å². The van der Waals surface area contributed by atoms with Gasteiger partial charge in [0.25, 0.3) is 5.91 Å². The Morgan fingerprint density at radius 3 is 2.32 bits per heavy atom. The van der Waals surface area contributed by atoms with Crippen LogP contribution in [0.3, 0.4) is 0 Å². The summed E-state index contributed by atoms with van der Waals surface area (Å²) in [5.74, 6) is -0.828. The molecule has 0 unspecified atom stereocenters. The van der Waals surface area contributed by atoms with E-state index in [1.807, 2.05) is 0 Å². The number of amides is 3. The first-order valence-electron chi connectivity index (χ1n) is 9.14. The molecule has 2 heterocycles. The molecule has 2 aromatic rings. The lowest BCUT2D eigenvalue weighted by atomic mass is 10.1. The molecular weight excluding hydrogens is 365 g/mol. The third-order valence-electron chi connectivity index (χ3n) is 4.61. The number of rotatable bonds is 6. The van der Waals surface area contributed by atoms with Gasteiger partial charge in [-0.15, -0.1) is 0 Å². The summed E-state index contributed by atoms with van der Waals surface area (Å²) in [6.07, 6.45) is 1.78. The van der Waals surface area contributed by atoms with Crippen LogP contribution in [0.15, 0.2) is 47.1 Å². The van der Waals surface area contributed by atoms with E-state index in [0.717, 1.165) is 5.56 Å². The molecule has 1 aromatic carbocycles. The average molecular weight is 387 g/mol. The van der Waals surface area contributed by atoms with Crippen molar-refractivity contribution in [1.29, 1.82) is 0 Å². The quantitative estimate of drug-likeness (QED) is 0.761. The minimum atomic E-state index is -0.346. The Morgan fingerprint density at radius 2 is 1.68 bits per heavy atom. The highest BCUT2D eigenvalue weighted by Gasteiger charge is 2.26. The van der Waals surface area contributed by atoms with Crippen LogP contribution in [-0.4, -0.2) is 60.2 Å². The summed E-state index contributed by atoms with van der Waals surface area (Å²) in [4.78, 5) is 39.7. The molecule has 1 saturated heterocycles. The third-order valence-corrected chi connectivity index (χ3v) is 4.61. The van der Waals surface area contributed by atoms with Crippen molar-refractivity contribution >= 4 is 17.7 Å². The largest absolute Gasteiger partial charge is 0.459 e. The molecular formula is C20H22FN3O4. The molecule has 1 N–H and O–H groups in total. The van der Waals surface area contributed by atoms with E-state index in [9.17, 15) is 18.8 Å². The second kappa shape index (κ2) is 9.16. The molecule has 28 heavy (non-hydrogen) atoms. The highest BCUT2D eigenvalue weighted by molar-refractivity contribution is 5.97. The Bertz CT molecular complexity index is 812. The van der Waals surface area contributed by atoms with E-state index in [1.54, 1.807) is 34.1 Å². The molecule has 148 valence electrons. The fourth-order valence-electron chi connectivity index (χ4n) is 3.02. The van der Waals surface area contributed by atoms with Crippen LogP contribution in [0.25, 0.3) is 0 Å². The van der Waals surface area contributed by atoms with Gasteiger partial charge in [0.15, 0.2) is 5.76 Å². The SMILES string of the molecule is O=C(CC(=O)N1CCN(C(=O)c2ccco2)CC1)NCCc1ccc(F)cc1. The molecule has 0 atom stereocenters. The molecule has 0 aliphatic carbocycles. The summed E-state index contributed by atoms with van der Waals surface area (Å²) >= 11 is 0. The normalized spacial score (nSPS) is 14.0. The standard InChI is InChI=1S/C20H22FN3O4/c21-16-5-3-15(4-6-16)7-8-22-18(25)14-19(26)23-9-11-24(12-10-23)20(27)17-2-1-13-28-17/h1-6,13H,7-12,14H2,(H,22,25). The fourth-order valence-corrected chi connectivity index (χ4v) is 3.02. The van der Waals surface area contributed by atoms with Crippen LogP contribution in [0.2, 0.25) is 0 Å². The molecule has 0 radical (unpaired) electrons. The predicted octanol–water partition coefficient (Wildman–Crippen LogP) is 1.45. The van der Waals surface area contributed by atoms with Gasteiger partial charge in [-0.05, 0) is 36.2 Å². The number of benzene rings is 1. The smallest absolute Gasteiger partial charge is 0.289 e. The van der Waals surface area contributed by atoms with Gasteiger partial charge in [-0.25, -0.2) is 4.39 Å². The van der Waals surface area contributed by atoms with E-state index < -0.39 is 0 Å². The van der Waals surface area contributed by atoms with Gasteiger partial charge in [-0.1, -0.05) is 12.1 Å². The minimum Gasteiger partial charge on any atom is -0.459 e. The van der Waals surface area contributed by atoms with Gasteiger partial charge in [0.2, 0.25) is 11.8 Å². The Kier molecular flexibility index (Phi) is 6.41. The summed E-state index contributed by atoms with van der Waals surface area (Å²) in [7, 11) is 0. The average Bonchev–Trinajstić information content (AvgIpc) is 3.24. The summed E-state index contributed by atoms with van der Waals surface area (Å²) < 4.78 is 18.0. The van der Waals surface area contributed by atoms with Gasteiger partial charge in [0, 0.05) is 32.7 Å². The highest BCUT2D eigenvalue weighted by atomic mass is 19.1. The Morgan fingerprint density at radius 1 is 1.00 bits per heavy atom. The molecule has 1 aromatic heterocycles. The van der Waals surface area contributed by atoms with Crippen LogP contribution in [0.1, 0.15) is 22.5 Å². The van der Waals surface area contributed by atoms with Gasteiger partial charge in [0.05, 0.1) is 6.26 Å². The van der Waals surface area contributed by atoms with Crippen molar-refractivity contribution in [3.8, 4) is 0 Å². The molecule has 8 heteroatoms. The molecule has 1 aliphatic heterocycles. The molecule has 1 aliphatic rings. The van der Waals surface area contributed by atoms with E-state index in [1.165, 1.54) is 18.4 Å². The van der Waals surface area contributed by atoms with Crippen molar-refractivity contribution in [1.82, 2.24) is 15.1 Å². The first-order chi connectivity index (χ1) is 13.5. The van der Waals surface area contributed by atoms with Crippen LogP contribution in [0.5, 0.6) is 0 Å². The maximum atomic E-state index is 12.9. The zero-order valence-electron chi connectivity index (χ0n) is 15.4. The second-order valence-corrected chi connectivity index (χ2v) is 6.55. The molecule has 0 bridgehead atoms. The Balaban J connectivity index is 1.37. The molecule has 7 nitrogen and oxygen atoms in total. The summed E-state index contributed by atoms with van der Waals surface area (Å²) in [5.41, 5.74) is 0.908. The number of carbonyl (C=O) groups is 3. The number of nitrogens with one attached hydrogen (secondary N) is 1. The van der Waals surface area contributed by atoms with Crippen LogP contribution in [0, 0.1) is 5.82 Å². The predicted molar refractivity (Wildman–Crippen MR) is 98.9 cm³/mol. The topological polar surface area (TPSA) is 82.9 Å². The van der Waals surface area contributed by atoms with Gasteiger partial charge < -0.3 is 19.5 Å². The monoisotopic (exact) mass is 387 g/mol. The van der Waals surface area contributed by atoms with Gasteiger partial charge in [0.1, 0.15) is 12.2 Å². The van der Waals surface area contributed by atoms with Crippen molar-refractivity contribution in [2.24, 2.45) is 0 Å². The van der Waals surface area contributed by atoms with Crippen molar-refractivity contribution in [3.05, 3.63) is 59.8 Å². The lowest BCUT2D eigenvalue weighted by Gasteiger charge is -2.34. The number of halogens is 1. The van der Waals surface area contributed by atoms with E-state index in [4.69, 9.17) is 4.42 Å². The number of hydrogen-bond acceptors (Lipinski definition) is 4. The van der Waals surface area contributed by atoms with Crippen LogP contribution in [-0.2, 0) is 16.0 Å². The lowest BCUT2D eigenvalue weighted by molar-refractivity contribution is -0.137. The molecule has 1 fully saturated rings. The zero-order valence-corrected chi connectivity index (χ0v) is 15.4. The second-order valence-electron chi connectivity index (χ2n) is 6.55. The fraction of sp³-hybridized carbons (Fsp3) is 0.350. The first kappa shape index (κ1) is 19.6. The van der Waals surface area contributed by atoms with Crippen molar-refractivity contribution < 1.29 is 23.2 Å². The summed E-state index contributed by atoms with van der Waals surface area (Å²) in [5, 5.41) is 2.70. The van der Waals surface area contributed by atoms with Crippen LogP contribution >= 0.6 is 0 Å². The number of nitrogens with zero attached hydrogens (tertiary/aromatic N) is 2. The zero-order chi connectivity index (χ0) is 19.9. The van der Waals surface area contributed by atoms with Crippen molar-refractivity contribution in [2.45, 2.75) is 12.8 Å². The maximum absolute atomic E-state index is 12.9. The van der Waals surface area contributed by atoms with Crippen LogP contribution in [0.4, 0.5) is 4.39 Å². The van der Waals surface area contributed by atoms with Gasteiger partial charge in [-0.2, -0.15) is 0 Å². The van der Waals surface area contributed by atoms with E-state index in [2.05, 4.69) is 5.32 Å².